The van der Waals surface area contributed by atoms with Gasteiger partial charge in [0, 0.05) is 12.2 Å². The molecule has 0 aliphatic heterocycles. The molecule has 1 fully saturated rings. The maximum atomic E-state index is 5.89. The molecule has 1 aliphatic rings. The Morgan fingerprint density at radius 3 is 2.94 bits per heavy atom. The lowest BCUT2D eigenvalue weighted by Gasteiger charge is -2.30. The van der Waals surface area contributed by atoms with Gasteiger partial charge in [0.25, 0.3) is 0 Å². The fraction of sp³-hybridized carbons (Fsp3) is 0.583. The van der Waals surface area contributed by atoms with Crippen LogP contribution in [0.1, 0.15) is 32.6 Å². The van der Waals surface area contributed by atoms with Crippen molar-refractivity contribution in [1.82, 2.24) is 4.98 Å². The van der Waals surface area contributed by atoms with Crippen LogP contribution in [0.15, 0.2) is 12.3 Å². The minimum absolute atomic E-state index is 0.383. The van der Waals surface area contributed by atoms with Crippen LogP contribution >= 0.6 is 11.6 Å². The summed E-state index contributed by atoms with van der Waals surface area (Å²) in [5.41, 5.74) is 7.36. The summed E-state index contributed by atoms with van der Waals surface area (Å²) in [5.74, 6) is 0.695. The van der Waals surface area contributed by atoms with E-state index in [2.05, 4.69) is 17.2 Å². The van der Waals surface area contributed by atoms with Crippen LogP contribution in [0.5, 0.6) is 0 Å². The number of halogens is 1. The highest BCUT2D eigenvalue weighted by Gasteiger charge is 2.21. The van der Waals surface area contributed by atoms with Gasteiger partial charge in [-0.1, -0.05) is 31.4 Å². The van der Waals surface area contributed by atoms with Crippen LogP contribution in [0.3, 0.4) is 0 Å². The molecule has 2 rings (SSSR count). The molecule has 3 N–H and O–H groups in total. The van der Waals surface area contributed by atoms with Gasteiger partial charge in [0.05, 0.1) is 11.4 Å². The van der Waals surface area contributed by atoms with Gasteiger partial charge in [-0.3, -0.25) is 0 Å². The Hall–Kier alpha value is -0.960. The molecule has 88 valence electrons. The lowest BCUT2D eigenvalue weighted by atomic mass is 9.86. The molecule has 2 unspecified atom stereocenters. The Balaban J connectivity index is 2.10. The van der Waals surface area contributed by atoms with Gasteiger partial charge < -0.3 is 11.1 Å². The maximum absolute atomic E-state index is 5.89. The summed E-state index contributed by atoms with van der Waals surface area (Å²) in [7, 11) is 0. The molecule has 1 aliphatic carbocycles. The van der Waals surface area contributed by atoms with Crippen LogP contribution in [0.25, 0.3) is 0 Å². The van der Waals surface area contributed by atoms with E-state index in [9.17, 15) is 0 Å². The first-order valence-electron chi connectivity index (χ1n) is 5.85. The summed E-state index contributed by atoms with van der Waals surface area (Å²) in [6, 6.07) is 2.40. The highest BCUT2D eigenvalue weighted by atomic mass is 35.5. The Kier molecular flexibility index (Phi) is 3.54. The molecule has 0 amide bonds. The molecule has 2 atom stereocenters. The molecule has 1 heterocycles. The van der Waals surface area contributed by atoms with Crippen molar-refractivity contribution in [1.29, 1.82) is 0 Å². The summed E-state index contributed by atoms with van der Waals surface area (Å²) in [5, 5.41) is 3.87. The molecule has 1 saturated carbocycles. The van der Waals surface area contributed by atoms with Gasteiger partial charge in [-0.25, -0.2) is 4.98 Å². The number of hydrogen-bond acceptors (Lipinski definition) is 3. The zero-order valence-electron chi connectivity index (χ0n) is 9.54. The molecule has 0 saturated heterocycles. The lowest BCUT2D eigenvalue weighted by Crippen LogP contribution is -2.30. The quantitative estimate of drug-likeness (QED) is 0.779. The van der Waals surface area contributed by atoms with Crippen molar-refractivity contribution in [3.8, 4) is 0 Å². The number of nitrogens with zero attached hydrogens (tertiary/aromatic N) is 1. The number of hydrogen-bond donors (Lipinski definition) is 2. The van der Waals surface area contributed by atoms with Gasteiger partial charge in [0.1, 0.15) is 0 Å². The van der Waals surface area contributed by atoms with Gasteiger partial charge in [-0.2, -0.15) is 0 Å². The molecule has 3 nitrogen and oxygen atoms in total. The fourth-order valence-corrected chi connectivity index (χ4v) is 2.46. The van der Waals surface area contributed by atoms with Crippen molar-refractivity contribution in [2.75, 3.05) is 11.1 Å². The van der Waals surface area contributed by atoms with E-state index in [-0.39, 0.29) is 0 Å². The Bertz CT molecular complexity index is 367. The van der Waals surface area contributed by atoms with Crippen LogP contribution in [0, 0.1) is 5.92 Å². The number of aromatic nitrogens is 1. The van der Waals surface area contributed by atoms with E-state index in [0.717, 1.165) is 5.69 Å². The Labute approximate surface area is 101 Å². The molecular formula is C12H18ClN3. The van der Waals surface area contributed by atoms with E-state index in [1.54, 1.807) is 6.20 Å². The number of anilines is 2. The molecule has 0 aromatic carbocycles. The maximum Gasteiger partial charge on any atom is 0.153 e. The van der Waals surface area contributed by atoms with E-state index in [4.69, 9.17) is 17.3 Å². The van der Waals surface area contributed by atoms with Gasteiger partial charge in [0.2, 0.25) is 0 Å². The topological polar surface area (TPSA) is 50.9 Å². The summed E-state index contributed by atoms with van der Waals surface area (Å²) in [4.78, 5) is 3.95. The van der Waals surface area contributed by atoms with Gasteiger partial charge >= 0.3 is 0 Å². The second-order valence-corrected chi connectivity index (χ2v) is 4.93. The lowest BCUT2D eigenvalue weighted by molar-refractivity contribution is 0.349. The smallest absolute Gasteiger partial charge is 0.153 e. The van der Waals surface area contributed by atoms with Crippen LogP contribution < -0.4 is 11.1 Å². The van der Waals surface area contributed by atoms with Crippen molar-refractivity contribution in [3.63, 3.8) is 0 Å². The number of nitrogens with one attached hydrogen (secondary N) is 1. The molecule has 4 heteroatoms. The largest absolute Gasteiger partial charge is 0.395 e. The standard InChI is InChI=1S/C12H18ClN3/c1-8-4-2-3-5-9(8)16-10-6-7-15-12(13)11(10)14/h6-9H,2-5,14H2,1H3,(H,15,16). The predicted molar refractivity (Wildman–Crippen MR) is 68.7 cm³/mol. The van der Waals surface area contributed by atoms with Gasteiger partial charge in [-0.05, 0) is 24.8 Å². The molecule has 0 radical (unpaired) electrons. The molecule has 0 bridgehead atoms. The van der Waals surface area contributed by atoms with Gasteiger partial charge in [0.15, 0.2) is 5.15 Å². The second-order valence-electron chi connectivity index (χ2n) is 4.58. The first-order chi connectivity index (χ1) is 7.68. The van der Waals surface area contributed by atoms with Crippen molar-refractivity contribution >= 4 is 23.0 Å². The van der Waals surface area contributed by atoms with E-state index < -0.39 is 0 Å². The summed E-state index contributed by atoms with van der Waals surface area (Å²) >= 11 is 5.89. The summed E-state index contributed by atoms with van der Waals surface area (Å²) in [6.45, 7) is 2.29. The van der Waals surface area contributed by atoms with E-state index in [1.807, 2.05) is 6.07 Å². The second kappa shape index (κ2) is 4.91. The molecule has 16 heavy (non-hydrogen) atoms. The third-order valence-corrected chi connectivity index (χ3v) is 3.70. The highest BCUT2D eigenvalue weighted by molar-refractivity contribution is 6.32. The van der Waals surface area contributed by atoms with Crippen LogP contribution in [-0.2, 0) is 0 Å². The van der Waals surface area contributed by atoms with Gasteiger partial charge in [-0.15, -0.1) is 0 Å². The third-order valence-electron chi connectivity index (χ3n) is 3.39. The summed E-state index contributed by atoms with van der Waals surface area (Å²) in [6.07, 6.45) is 6.82. The number of rotatable bonds is 2. The molecule has 1 aromatic rings. The highest BCUT2D eigenvalue weighted by Crippen LogP contribution is 2.30. The number of nitrogen functional groups attached to an aromatic ring is 1. The molecule has 1 aromatic heterocycles. The van der Waals surface area contributed by atoms with Crippen molar-refractivity contribution < 1.29 is 0 Å². The minimum Gasteiger partial charge on any atom is -0.395 e. The van der Waals surface area contributed by atoms with Crippen molar-refractivity contribution in [2.45, 2.75) is 38.6 Å². The normalized spacial score (nSPS) is 25.4. The average Bonchev–Trinajstić information content (AvgIpc) is 2.28. The van der Waals surface area contributed by atoms with Crippen LogP contribution in [0.2, 0.25) is 5.15 Å². The Morgan fingerprint density at radius 1 is 1.44 bits per heavy atom. The first-order valence-corrected chi connectivity index (χ1v) is 6.23. The molecule has 0 spiro atoms. The predicted octanol–water partition coefficient (Wildman–Crippen LogP) is 3.31. The third kappa shape index (κ3) is 2.40. The number of nitrogens with two attached hydrogens (primary N) is 1. The minimum atomic E-state index is 0.383. The fourth-order valence-electron chi connectivity index (χ4n) is 2.30. The van der Waals surface area contributed by atoms with Crippen molar-refractivity contribution in [2.24, 2.45) is 5.92 Å². The number of pyridine rings is 1. The zero-order valence-corrected chi connectivity index (χ0v) is 10.3. The SMILES string of the molecule is CC1CCCCC1Nc1ccnc(Cl)c1N. The first kappa shape index (κ1) is 11.5. The molecular weight excluding hydrogens is 222 g/mol. The monoisotopic (exact) mass is 239 g/mol. The van der Waals surface area contributed by atoms with Crippen LogP contribution in [-0.4, -0.2) is 11.0 Å². The Morgan fingerprint density at radius 2 is 2.19 bits per heavy atom. The summed E-state index contributed by atoms with van der Waals surface area (Å²) < 4.78 is 0. The van der Waals surface area contributed by atoms with E-state index >= 15 is 0 Å². The average molecular weight is 240 g/mol. The van der Waals surface area contributed by atoms with Crippen LogP contribution in [0.4, 0.5) is 11.4 Å². The zero-order chi connectivity index (χ0) is 11.5. The van der Waals surface area contributed by atoms with E-state index in [1.165, 1.54) is 25.7 Å². The van der Waals surface area contributed by atoms with Crippen molar-refractivity contribution in [3.05, 3.63) is 17.4 Å². The van der Waals surface area contributed by atoms with E-state index in [0.29, 0.717) is 22.8 Å².